The van der Waals surface area contributed by atoms with Crippen LogP contribution in [0.4, 0.5) is 5.69 Å². The van der Waals surface area contributed by atoms with Gasteiger partial charge in [0.15, 0.2) is 21.3 Å². The summed E-state index contributed by atoms with van der Waals surface area (Å²) in [4.78, 5) is 15.1. The minimum atomic E-state index is -3.42. The number of amides is 1. The van der Waals surface area contributed by atoms with Crippen molar-refractivity contribution in [2.75, 3.05) is 39.1 Å². The highest BCUT2D eigenvalue weighted by molar-refractivity contribution is 7.94. The van der Waals surface area contributed by atoms with Gasteiger partial charge in [0.05, 0.1) is 51.5 Å². The van der Waals surface area contributed by atoms with Gasteiger partial charge >= 0.3 is 0 Å². The fourth-order valence-electron chi connectivity index (χ4n) is 3.33. The Labute approximate surface area is 175 Å². The molecule has 1 atom stereocenters. The molecule has 1 aliphatic rings. The first kappa shape index (κ1) is 21.5. The third-order valence-corrected chi connectivity index (χ3v) is 6.12. The molecule has 8 nitrogen and oxygen atoms in total. The molecule has 0 saturated heterocycles. The lowest BCUT2D eigenvalue weighted by Crippen LogP contribution is -2.41. The highest BCUT2D eigenvalue weighted by Gasteiger charge is 2.35. The normalized spacial score (nSPS) is 16.7. The van der Waals surface area contributed by atoms with Crippen LogP contribution in [0.5, 0.6) is 23.0 Å². The Bertz CT molecular complexity index is 1080. The Balaban J connectivity index is 2.17. The number of benzene rings is 2. The molecular formula is C21H23NO7S. The number of sulfone groups is 1. The first-order chi connectivity index (χ1) is 14.3. The summed E-state index contributed by atoms with van der Waals surface area (Å²) in [6, 6.07) is 9.17. The van der Waals surface area contributed by atoms with Crippen LogP contribution in [0.15, 0.2) is 47.9 Å². The molecule has 0 radical (unpaired) electrons. The molecule has 0 aliphatic carbocycles. The number of methoxy groups -OCH3 is 4. The summed E-state index contributed by atoms with van der Waals surface area (Å²) >= 11 is 0. The van der Waals surface area contributed by atoms with Gasteiger partial charge in [-0.1, -0.05) is 6.07 Å². The number of hydrogen-bond donors (Lipinski definition) is 0. The largest absolute Gasteiger partial charge is 0.497 e. The molecule has 0 fully saturated rings. The van der Waals surface area contributed by atoms with Crippen LogP contribution in [-0.4, -0.2) is 54.6 Å². The SMILES string of the molecule is COc1ccc(N(C(=O)c2cccc(OC)c2OC)[C@@H]2C=CS(=O)(=O)C2)c(OC)c1. The number of para-hydroxylation sites is 1. The van der Waals surface area contributed by atoms with Crippen LogP contribution in [0.1, 0.15) is 10.4 Å². The lowest BCUT2D eigenvalue weighted by molar-refractivity contribution is 0.0978. The number of ether oxygens (including phenoxy) is 4. The molecule has 1 heterocycles. The standard InChI is InChI=1S/C21H23NO7S/c1-26-15-8-9-17(19(12-15)28-3)22(14-10-11-30(24,25)13-14)21(23)16-6-5-7-18(27-2)20(16)29-4/h5-12,14H,13H2,1-4H3/t14-/m1/s1. The van der Waals surface area contributed by atoms with Gasteiger partial charge in [-0.05, 0) is 30.3 Å². The number of hydrogen-bond acceptors (Lipinski definition) is 7. The molecule has 2 aromatic rings. The molecule has 0 aromatic heterocycles. The number of rotatable bonds is 7. The van der Waals surface area contributed by atoms with Crippen LogP contribution >= 0.6 is 0 Å². The van der Waals surface area contributed by atoms with Crippen molar-refractivity contribution >= 4 is 21.4 Å². The van der Waals surface area contributed by atoms with E-state index in [1.807, 2.05) is 0 Å². The van der Waals surface area contributed by atoms with E-state index in [-0.39, 0.29) is 17.1 Å². The van der Waals surface area contributed by atoms with Crippen LogP contribution in [0.25, 0.3) is 0 Å². The van der Waals surface area contributed by atoms with Crippen LogP contribution < -0.4 is 23.8 Å². The summed E-state index contributed by atoms with van der Waals surface area (Å²) in [6.45, 7) is 0. The van der Waals surface area contributed by atoms with Gasteiger partial charge in [0.25, 0.3) is 5.91 Å². The van der Waals surface area contributed by atoms with Crippen molar-refractivity contribution in [3.8, 4) is 23.0 Å². The monoisotopic (exact) mass is 433 g/mol. The van der Waals surface area contributed by atoms with Crippen molar-refractivity contribution in [2.45, 2.75) is 6.04 Å². The number of carbonyl (C=O) groups excluding carboxylic acids is 1. The van der Waals surface area contributed by atoms with Crippen LogP contribution in [0, 0.1) is 0 Å². The van der Waals surface area contributed by atoms with Gasteiger partial charge in [0.1, 0.15) is 11.5 Å². The second kappa shape index (κ2) is 8.66. The molecule has 1 amide bonds. The van der Waals surface area contributed by atoms with Gasteiger partial charge in [-0.3, -0.25) is 9.69 Å². The molecule has 0 N–H and O–H groups in total. The van der Waals surface area contributed by atoms with Gasteiger partial charge in [-0.15, -0.1) is 0 Å². The molecule has 160 valence electrons. The lowest BCUT2D eigenvalue weighted by Gasteiger charge is -2.30. The Morgan fingerprint density at radius 3 is 2.27 bits per heavy atom. The summed E-state index contributed by atoms with van der Waals surface area (Å²) in [5.74, 6) is 0.854. The van der Waals surface area contributed by atoms with E-state index in [1.165, 1.54) is 39.4 Å². The van der Waals surface area contributed by atoms with Crippen molar-refractivity contribution in [2.24, 2.45) is 0 Å². The lowest BCUT2D eigenvalue weighted by atomic mass is 10.1. The zero-order valence-electron chi connectivity index (χ0n) is 17.1. The smallest absolute Gasteiger partial charge is 0.262 e. The van der Waals surface area contributed by atoms with E-state index in [0.29, 0.717) is 22.9 Å². The predicted octanol–water partition coefficient (Wildman–Crippen LogP) is 2.68. The molecule has 2 aromatic carbocycles. The summed E-state index contributed by atoms with van der Waals surface area (Å²) < 4.78 is 45.6. The topological polar surface area (TPSA) is 91.4 Å². The summed E-state index contributed by atoms with van der Waals surface area (Å²) in [5.41, 5.74) is 0.632. The van der Waals surface area contributed by atoms with Crippen molar-refractivity contribution in [1.29, 1.82) is 0 Å². The molecule has 0 bridgehead atoms. The molecular weight excluding hydrogens is 410 g/mol. The maximum absolute atomic E-state index is 13.7. The maximum atomic E-state index is 13.7. The van der Waals surface area contributed by atoms with E-state index < -0.39 is 21.8 Å². The Morgan fingerprint density at radius 1 is 0.967 bits per heavy atom. The maximum Gasteiger partial charge on any atom is 0.262 e. The van der Waals surface area contributed by atoms with E-state index in [2.05, 4.69) is 0 Å². The van der Waals surface area contributed by atoms with E-state index in [0.717, 1.165) is 5.41 Å². The fraction of sp³-hybridized carbons (Fsp3) is 0.286. The molecule has 0 spiro atoms. The second-order valence-electron chi connectivity index (χ2n) is 6.48. The average Bonchev–Trinajstić information content (AvgIpc) is 3.12. The minimum Gasteiger partial charge on any atom is -0.497 e. The number of carbonyl (C=O) groups is 1. The van der Waals surface area contributed by atoms with Crippen molar-refractivity contribution < 1.29 is 32.2 Å². The van der Waals surface area contributed by atoms with E-state index in [9.17, 15) is 13.2 Å². The van der Waals surface area contributed by atoms with Gasteiger partial charge in [0.2, 0.25) is 0 Å². The first-order valence-corrected chi connectivity index (χ1v) is 10.7. The Morgan fingerprint density at radius 2 is 1.70 bits per heavy atom. The van der Waals surface area contributed by atoms with E-state index in [4.69, 9.17) is 18.9 Å². The van der Waals surface area contributed by atoms with Gasteiger partial charge in [0, 0.05) is 11.5 Å². The Hall–Kier alpha value is -3.20. The van der Waals surface area contributed by atoms with Crippen molar-refractivity contribution in [3.05, 3.63) is 53.4 Å². The molecule has 0 saturated carbocycles. The van der Waals surface area contributed by atoms with Gasteiger partial charge in [-0.25, -0.2) is 8.42 Å². The second-order valence-corrected chi connectivity index (χ2v) is 8.41. The molecule has 1 aliphatic heterocycles. The van der Waals surface area contributed by atoms with Crippen molar-refractivity contribution in [1.82, 2.24) is 0 Å². The molecule has 30 heavy (non-hydrogen) atoms. The zero-order chi connectivity index (χ0) is 21.9. The fourth-order valence-corrected chi connectivity index (χ4v) is 4.60. The summed E-state index contributed by atoms with van der Waals surface area (Å²) in [7, 11) is 2.48. The number of anilines is 1. The van der Waals surface area contributed by atoms with Crippen LogP contribution in [0.2, 0.25) is 0 Å². The van der Waals surface area contributed by atoms with E-state index in [1.54, 1.807) is 36.4 Å². The highest BCUT2D eigenvalue weighted by atomic mass is 32.2. The average molecular weight is 433 g/mol. The highest BCUT2D eigenvalue weighted by Crippen LogP contribution is 2.38. The van der Waals surface area contributed by atoms with E-state index >= 15 is 0 Å². The zero-order valence-corrected chi connectivity index (χ0v) is 17.9. The molecule has 9 heteroatoms. The minimum absolute atomic E-state index is 0.229. The van der Waals surface area contributed by atoms with Gasteiger partial charge < -0.3 is 18.9 Å². The van der Waals surface area contributed by atoms with Crippen molar-refractivity contribution in [3.63, 3.8) is 0 Å². The quantitative estimate of drug-likeness (QED) is 0.663. The van der Waals surface area contributed by atoms with Crippen LogP contribution in [0.3, 0.4) is 0 Å². The molecule has 3 rings (SSSR count). The Kier molecular flexibility index (Phi) is 6.21. The molecule has 0 unspecified atom stereocenters. The van der Waals surface area contributed by atoms with Crippen LogP contribution in [-0.2, 0) is 9.84 Å². The third kappa shape index (κ3) is 4.06. The predicted molar refractivity (Wildman–Crippen MR) is 113 cm³/mol. The summed E-state index contributed by atoms with van der Waals surface area (Å²) in [5, 5.41) is 1.12. The first-order valence-electron chi connectivity index (χ1n) is 9.02. The van der Waals surface area contributed by atoms with Gasteiger partial charge in [-0.2, -0.15) is 0 Å². The third-order valence-electron chi connectivity index (χ3n) is 4.74. The summed E-state index contributed by atoms with van der Waals surface area (Å²) in [6.07, 6.45) is 1.49. The number of nitrogens with zero attached hydrogens (tertiary/aromatic N) is 1.